The van der Waals surface area contributed by atoms with Crippen LogP contribution < -0.4 is 9.47 Å². The van der Waals surface area contributed by atoms with Crippen LogP contribution in [-0.2, 0) is 6.61 Å². The van der Waals surface area contributed by atoms with Crippen LogP contribution in [0.1, 0.15) is 18.4 Å². The molecular weight excluding hydrogens is 593 g/mol. The molecule has 0 saturated carbocycles. The van der Waals surface area contributed by atoms with Gasteiger partial charge in [-0.25, -0.2) is 14.4 Å². The lowest BCUT2D eigenvalue weighted by Crippen LogP contribution is -2.25. The molecule has 1 aliphatic heterocycles. The van der Waals surface area contributed by atoms with Crippen molar-refractivity contribution in [2.45, 2.75) is 19.4 Å². The van der Waals surface area contributed by atoms with Gasteiger partial charge in [0.25, 0.3) is 0 Å². The fourth-order valence-electron chi connectivity index (χ4n) is 6.17. The number of halogens is 1. The Kier molecular flexibility index (Phi) is 7.76. The van der Waals surface area contributed by atoms with E-state index in [9.17, 15) is 4.39 Å². The van der Waals surface area contributed by atoms with Gasteiger partial charge in [0.1, 0.15) is 41.9 Å². The molecule has 5 aromatic heterocycles. The van der Waals surface area contributed by atoms with E-state index in [0.717, 1.165) is 63.9 Å². The maximum absolute atomic E-state index is 14.8. The minimum absolute atomic E-state index is 0.347. The summed E-state index contributed by atoms with van der Waals surface area (Å²) in [7, 11) is 0. The predicted molar refractivity (Wildman–Crippen MR) is 180 cm³/mol. The zero-order valence-electron chi connectivity index (χ0n) is 25.6. The third kappa shape index (κ3) is 6.15. The standard InChI is InChI=1S/C37H32FN7O2/c38-28-14-25(15-29(18-28)46-13-12-45-10-4-5-11-45)31-8-9-40-36-32(31)19-34(42-36)35-33-17-27(21-41-37(33)44-43-35)26-16-30(22-39-20-26)47-23-24-6-2-1-3-7-24/h1-3,6-9,14-22H,4-5,10-13,23H2,(H,40,42)(H,41,43,44). The zero-order valence-corrected chi connectivity index (χ0v) is 25.6. The van der Waals surface area contributed by atoms with Crippen molar-refractivity contribution in [1.82, 2.24) is 35.0 Å². The summed E-state index contributed by atoms with van der Waals surface area (Å²) in [6, 6.07) is 22.8. The Balaban J connectivity index is 1.08. The first kappa shape index (κ1) is 28.8. The molecule has 2 aromatic carbocycles. The lowest BCUT2D eigenvalue weighted by molar-refractivity contribution is 0.237. The third-order valence-electron chi connectivity index (χ3n) is 8.56. The summed E-state index contributed by atoms with van der Waals surface area (Å²) in [5.41, 5.74) is 7.20. The van der Waals surface area contributed by atoms with Gasteiger partial charge in [0.05, 0.1) is 11.9 Å². The second-order valence-electron chi connectivity index (χ2n) is 11.8. The molecule has 0 amide bonds. The van der Waals surface area contributed by atoms with Crippen molar-refractivity contribution in [3.8, 4) is 45.1 Å². The van der Waals surface area contributed by atoms with Crippen molar-refractivity contribution >= 4 is 22.1 Å². The number of H-pyrrole nitrogens is 2. The molecule has 1 fully saturated rings. The molecule has 6 heterocycles. The first-order chi connectivity index (χ1) is 23.2. The van der Waals surface area contributed by atoms with Crippen LogP contribution in [0.15, 0.2) is 97.6 Å². The van der Waals surface area contributed by atoms with Crippen molar-refractivity contribution in [2.24, 2.45) is 0 Å². The number of rotatable bonds is 10. The van der Waals surface area contributed by atoms with E-state index in [2.05, 4.69) is 35.0 Å². The summed E-state index contributed by atoms with van der Waals surface area (Å²) in [6.07, 6.45) is 9.46. The molecule has 234 valence electrons. The summed E-state index contributed by atoms with van der Waals surface area (Å²) < 4.78 is 26.8. The Morgan fingerprint density at radius 1 is 0.766 bits per heavy atom. The van der Waals surface area contributed by atoms with Gasteiger partial charge in [-0.2, -0.15) is 5.10 Å². The third-order valence-corrected chi connectivity index (χ3v) is 8.56. The quantitative estimate of drug-likeness (QED) is 0.163. The van der Waals surface area contributed by atoms with Gasteiger partial charge in [0.15, 0.2) is 5.65 Å². The smallest absolute Gasteiger partial charge is 0.155 e. The number of ether oxygens (including phenoxy) is 2. The fourth-order valence-corrected chi connectivity index (χ4v) is 6.17. The van der Waals surface area contributed by atoms with Crippen molar-refractivity contribution in [3.63, 3.8) is 0 Å². The highest BCUT2D eigenvalue weighted by Gasteiger charge is 2.17. The molecule has 0 unspecified atom stereocenters. The van der Waals surface area contributed by atoms with Gasteiger partial charge in [0, 0.05) is 53.1 Å². The lowest BCUT2D eigenvalue weighted by atomic mass is 10.0. The van der Waals surface area contributed by atoms with E-state index in [-0.39, 0.29) is 5.82 Å². The van der Waals surface area contributed by atoms with Gasteiger partial charge in [-0.05, 0) is 79.0 Å². The summed E-state index contributed by atoms with van der Waals surface area (Å²) in [6.45, 7) is 4.00. The maximum atomic E-state index is 14.8. The lowest BCUT2D eigenvalue weighted by Gasteiger charge is -2.15. The first-order valence-electron chi connectivity index (χ1n) is 15.8. The molecule has 0 radical (unpaired) electrons. The Morgan fingerprint density at radius 2 is 1.62 bits per heavy atom. The highest BCUT2D eigenvalue weighted by atomic mass is 19.1. The summed E-state index contributed by atoms with van der Waals surface area (Å²) >= 11 is 0. The first-order valence-corrected chi connectivity index (χ1v) is 15.8. The maximum Gasteiger partial charge on any atom is 0.155 e. The van der Waals surface area contributed by atoms with E-state index >= 15 is 0 Å². The molecule has 47 heavy (non-hydrogen) atoms. The molecule has 0 spiro atoms. The average molecular weight is 626 g/mol. The van der Waals surface area contributed by atoms with Crippen molar-refractivity contribution < 1.29 is 13.9 Å². The number of pyridine rings is 3. The van der Waals surface area contributed by atoms with Gasteiger partial charge < -0.3 is 14.5 Å². The zero-order chi connectivity index (χ0) is 31.6. The average Bonchev–Trinajstić information content (AvgIpc) is 3.87. The Labute approximate surface area is 270 Å². The van der Waals surface area contributed by atoms with Gasteiger partial charge in [-0.1, -0.05) is 30.3 Å². The van der Waals surface area contributed by atoms with Crippen LogP contribution in [0.25, 0.3) is 55.7 Å². The number of likely N-dealkylation sites (tertiary alicyclic amines) is 1. The van der Waals surface area contributed by atoms with Gasteiger partial charge in [-0.3, -0.25) is 15.0 Å². The van der Waals surface area contributed by atoms with Crippen LogP contribution in [0, 0.1) is 5.82 Å². The Bertz CT molecular complexity index is 2170. The molecule has 0 bridgehead atoms. The van der Waals surface area contributed by atoms with E-state index in [4.69, 9.17) is 9.47 Å². The Hall–Kier alpha value is -5.61. The molecule has 8 rings (SSSR count). The minimum Gasteiger partial charge on any atom is -0.492 e. The Morgan fingerprint density at radius 3 is 2.51 bits per heavy atom. The highest BCUT2D eigenvalue weighted by Crippen LogP contribution is 2.35. The summed E-state index contributed by atoms with van der Waals surface area (Å²) in [5, 5.41) is 9.34. The van der Waals surface area contributed by atoms with Gasteiger partial charge >= 0.3 is 0 Å². The number of benzene rings is 2. The molecule has 1 aliphatic rings. The molecule has 9 nitrogen and oxygen atoms in total. The van der Waals surface area contributed by atoms with Crippen LogP contribution in [0.2, 0.25) is 0 Å². The molecule has 1 saturated heterocycles. The van der Waals surface area contributed by atoms with E-state index in [0.29, 0.717) is 41.7 Å². The highest BCUT2D eigenvalue weighted by molar-refractivity contribution is 5.99. The van der Waals surface area contributed by atoms with Crippen LogP contribution in [-0.4, -0.2) is 61.3 Å². The molecule has 10 heteroatoms. The largest absolute Gasteiger partial charge is 0.492 e. The van der Waals surface area contributed by atoms with E-state index in [1.165, 1.54) is 25.0 Å². The second-order valence-corrected chi connectivity index (χ2v) is 11.8. The van der Waals surface area contributed by atoms with Crippen LogP contribution in [0.5, 0.6) is 11.5 Å². The topological polar surface area (TPSA) is 105 Å². The molecule has 0 atom stereocenters. The number of nitrogens with one attached hydrogen (secondary N) is 2. The number of aromatic nitrogens is 6. The predicted octanol–water partition coefficient (Wildman–Crippen LogP) is 7.42. The number of hydrogen-bond acceptors (Lipinski definition) is 7. The van der Waals surface area contributed by atoms with Crippen LogP contribution in [0.4, 0.5) is 4.39 Å². The number of fused-ring (bicyclic) bond motifs is 2. The monoisotopic (exact) mass is 625 g/mol. The number of hydrogen-bond donors (Lipinski definition) is 2. The summed E-state index contributed by atoms with van der Waals surface area (Å²) in [4.78, 5) is 19.4. The molecule has 2 N–H and O–H groups in total. The summed E-state index contributed by atoms with van der Waals surface area (Å²) in [5.74, 6) is 0.840. The molecule has 7 aromatic rings. The van der Waals surface area contributed by atoms with E-state index in [1.807, 2.05) is 60.7 Å². The number of nitrogens with zero attached hydrogens (tertiary/aromatic N) is 5. The molecular formula is C37H32FN7O2. The van der Waals surface area contributed by atoms with Crippen molar-refractivity contribution in [2.75, 3.05) is 26.2 Å². The fraction of sp³-hybridized carbons (Fsp3) is 0.189. The van der Waals surface area contributed by atoms with Crippen molar-refractivity contribution in [3.05, 3.63) is 109 Å². The van der Waals surface area contributed by atoms with Crippen LogP contribution >= 0.6 is 0 Å². The normalized spacial score (nSPS) is 13.5. The minimum atomic E-state index is -0.347. The van der Waals surface area contributed by atoms with Crippen LogP contribution in [0.3, 0.4) is 0 Å². The van der Waals surface area contributed by atoms with Gasteiger partial charge in [-0.15, -0.1) is 0 Å². The van der Waals surface area contributed by atoms with Crippen molar-refractivity contribution in [1.29, 1.82) is 0 Å². The van der Waals surface area contributed by atoms with Gasteiger partial charge in [0.2, 0.25) is 0 Å². The second kappa shape index (κ2) is 12.6. The SMILES string of the molecule is Fc1cc(OCCN2CCCC2)cc(-c2ccnc3[nH]c(-c4n[nH]c5ncc(-c6cncc(OCc7ccccc7)c6)cc45)cc23)c1. The van der Waals surface area contributed by atoms with E-state index < -0.39 is 0 Å². The molecule has 0 aliphatic carbocycles. The van der Waals surface area contributed by atoms with E-state index in [1.54, 1.807) is 24.8 Å². The number of aromatic amines is 2.